The summed E-state index contributed by atoms with van der Waals surface area (Å²) in [5.41, 5.74) is 10.4. The molecule has 92 valence electrons. The van der Waals surface area contributed by atoms with Crippen LogP contribution < -0.4 is 5.73 Å². The monoisotopic (exact) mass is 239 g/mol. The Morgan fingerprint density at radius 1 is 1.06 bits per heavy atom. The fourth-order valence-corrected chi connectivity index (χ4v) is 2.10. The highest BCUT2D eigenvalue weighted by atomic mass is 16.1. The summed E-state index contributed by atoms with van der Waals surface area (Å²) in [6.07, 6.45) is 0.432. The first kappa shape index (κ1) is 12.4. The van der Waals surface area contributed by atoms with Gasteiger partial charge in [0.25, 0.3) is 0 Å². The fraction of sp³-hybridized carbons (Fsp3) is 0.188. The largest absolute Gasteiger partial charge is 0.399 e. The molecule has 2 aromatic rings. The Kier molecular flexibility index (Phi) is 3.47. The predicted octanol–water partition coefficient (Wildman–Crippen LogP) is 3.31. The van der Waals surface area contributed by atoms with Gasteiger partial charge in [0.15, 0.2) is 5.78 Å². The van der Waals surface area contributed by atoms with E-state index in [9.17, 15) is 4.79 Å². The van der Waals surface area contributed by atoms with Crippen LogP contribution in [0.4, 0.5) is 5.69 Å². The van der Waals surface area contributed by atoms with Gasteiger partial charge >= 0.3 is 0 Å². The van der Waals surface area contributed by atoms with Gasteiger partial charge in [0.1, 0.15) is 0 Å². The summed E-state index contributed by atoms with van der Waals surface area (Å²) < 4.78 is 0. The molecule has 0 saturated carbocycles. The normalized spacial score (nSPS) is 10.3. The zero-order chi connectivity index (χ0) is 13.1. The Balaban J connectivity index is 2.27. The molecule has 0 aliphatic rings. The number of carbonyl (C=O) groups is 1. The van der Waals surface area contributed by atoms with Crippen molar-refractivity contribution in [2.24, 2.45) is 0 Å². The third-order valence-electron chi connectivity index (χ3n) is 3.19. The molecule has 0 radical (unpaired) electrons. The molecule has 18 heavy (non-hydrogen) atoms. The molecule has 0 saturated heterocycles. The van der Waals surface area contributed by atoms with E-state index >= 15 is 0 Å². The van der Waals surface area contributed by atoms with E-state index in [2.05, 4.69) is 0 Å². The molecule has 0 bridgehead atoms. The molecule has 2 rings (SSSR count). The van der Waals surface area contributed by atoms with E-state index < -0.39 is 0 Å². The second-order valence-corrected chi connectivity index (χ2v) is 4.60. The molecule has 2 nitrogen and oxygen atoms in total. The molecule has 0 atom stereocenters. The zero-order valence-corrected chi connectivity index (χ0v) is 10.7. The first-order valence-corrected chi connectivity index (χ1v) is 6.02. The number of anilines is 1. The molecule has 2 N–H and O–H groups in total. The zero-order valence-electron chi connectivity index (χ0n) is 10.7. The SMILES string of the molecule is Cc1cccc(C)c1CC(=O)c1cccc(N)c1. The first-order valence-electron chi connectivity index (χ1n) is 6.02. The van der Waals surface area contributed by atoms with Gasteiger partial charge in [0, 0.05) is 17.7 Å². The standard InChI is InChI=1S/C16H17NO/c1-11-5-3-6-12(2)15(11)10-16(18)13-7-4-8-14(17)9-13/h3-9H,10,17H2,1-2H3. The molecule has 0 fully saturated rings. The number of nitrogen functional groups attached to an aromatic ring is 1. The van der Waals surface area contributed by atoms with Gasteiger partial charge < -0.3 is 5.73 Å². The van der Waals surface area contributed by atoms with Crippen LogP contribution >= 0.6 is 0 Å². The van der Waals surface area contributed by atoms with Crippen LogP contribution in [-0.4, -0.2) is 5.78 Å². The summed E-state index contributed by atoms with van der Waals surface area (Å²) in [5, 5.41) is 0. The average molecular weight is 239 g/mol. The Labute approximate surface area is 107 Å². The number of rotatable bonds is 3. The number of nitrogens with two attached hydrogens (primary N) is 1. The van der Waals surface area contributed by atoms with Crippen LogP contribution in [0.5, 0.6) is 0 Å². The van der Waals surface area contributed by atoms with Gasteiger partial charge in [-0.25, -0.2) is 0 Å². The van der Waals surface area contributed by atoms with E-state index in [1.807, 2.05) is 44.2 Å². The molecule has 0 unspecified atom stereocenters. The van der Waals surface area contributed by atoms with Gasteiger partial charge in [-0.05, 0) is 42.7 Å². The van der Waals surface area contributed by atoms with E-state index in [0.29, 0.717) is 17.7 Å². The Morgan fingerprint density at radius 2 is 1.67 bits per heavy atom. The number of benzene rings is 2. The topological polar surface area (TPSA) is 43.1 Å². The average Bonchev–Trinajstić information content (AvgIpc) is 2.34. The third kappa shape index (κ3) is 2.59. The maximum absolute atomic E-state index is 12.2. The predicted molar refractivity (Wildman–Crippen MR) is 74.8 cm³/mol. The third-order valence-corrected chi connectivity index (χ3v) is 3.19. The van der Waals surface area contributed by atoms with Crippen LogP contribution in [0.15, 0.2) is 42.5 Å². The molecule has 2 heteroatoms. The second-order valence-electron chi connectivity index (χ2n) is 4.60. The molecule has 0 aliphatic heterocycles. The van der Waals surface area contributed by atoms with Gasteiger partial charge in [0.2, 0.25) is 0 Å². The van der Waals surface area contributed by atoms with Crippen LogP contribution in [0.3, 0.4) is 0 Å². The molecule has 0 spiro atoms. The van der Waals surface area contributed by atoms with Gasteiger partial charge in [-0.15, -0.1) is 0 Å². The molecule has 0 heterocycles. The lowest BCUT2D eigenvalue weighted by Crippen LogP contribution is -2.06. The van der Waals surface area contributed by atoms with Gasteiger partial charge in [0.05, 0.1) is 0 Å². The first-order chi connectivity index (χ1) is 8.58. The van der Waals surface area contributed by atoms with Gasteiger partial charge in [-0.2, -0.15) is 0 Å². The van der Waals surface area contributed by atoms with Crippen molar-refractivity contribution in [1.82, 2.24) is 0 Å². The van der Waals surface area contributed by atoms with E-state index in [0.717, 1.165) is 16.7 Å². The lowest BCUT2D eigenvalue weighted by molar-refractivity contribution is 0.0992. The molecule has 0 aliphatic carbocycles. The molecule has 0 amide bonds. The summed E-state index contributed by atoms with van der Waals surface area (Å²) in [6.45, 7) is 4.07. The smallest absolute Gasteiger partial charge is 0.167 e. The summed E-state index contributed by atoms with van der Waals surface area (Å²) >= 11 is 0. The minimum Gasteiger partial charge on any atom is -0.399 e. The van der Waals surface area contributed by atoms with Crippen LogP contribution in [-0.2, 0) is 6.42 Å². The van der Waals surface area contributed by atoms with E-state index in [1.165, 1.54) is 0 Å². The lowest BCUT2D eigenvalue weighted by Gasteiger charge is -2.09. The minimum atomic E-state index is 0.111. The van der Waals surface area contributed by atoms with Crippen LogP contribution in [0.25, 0.3) is 0 Å². The summed E-state index contributed by atoms with van der Waals surface area (Å²) in [4.78, 5) is 12.2. The number of aryl methyl sites for hydroxylation is 2. The van der Waals surface area contributed by atoms with Gasteiger partial charge in [-0.3, -0.25) is 4.79 Å². The summed E-state index contributed by atoms with van der Waals surface area (Å²) in [5.74, 6) is 0.111. The van der Waals surface area contributed by atoms with Crippen molar-refractivity contribution in [3.05, 3.63) is 64.7 Å². The van der Waals surface area contributed by atoms with E-state index in [-0.39, 0.29) is 5.78 Å². The Hall–Kier alpha value is -2.09. The van der Waals surface area contributed by atoms with Crippen molar-refractivity contribution in [2.75, 3.05) is 5.73 Å². The van der Waals surface area contributed by atoms with Crippen molar-refractivity contribution in [3.63, 3.8) is 0 Å². The lowest BCUT2D eigenvalue weighted by atomic mass is 9.95. The van der Waals surface area contributed by atoms with Crippen LogP contribution in [0.2, 0.25) is 0 Å². The quantitative estimate of drug-likeness (QED) is 0.659. The molecule has 0 aromatic heterocycles. The maximum Gasteiger partial charge on any atom is 0.167 e. The van der Waals surface area contributed by atoms with Crippen LogP contribution in [0, 0.1) is 13.8 Å². The van der Waals surface area contributed by atoms with E-state index in [4.69, 9.17) is 5.73 Å². The number of carbonyl (C=O) groups excluding carboxylic acids is 1. The highest BCUT2D eigenvalue weighted by Gasteiger charge is 2.10. The fourth-order valence-electron chi connectivity index (χ4n) is 2.10. The van der Waals surface area contributed by atoms with Crippen molar-refractivity contribution < 1.29 is 4.79 Å². The number of Topliss-reactive ketones (excluding diaryl/α,β-unsaturated/α-hetero) is 1. The molecular weight excluding hydrogens is 222 g/mol. The number of hydrogen-bond acceptors (Lipinski definition) is 2. The number of hydrogen-bond donors (Lipinski definition) is 1. The van der Waals surface area contributed by atoms with E-state index in [1.54, 1.807) is 12.1 Å². The summed E-state index contributed by atoms with van der Waals surface area (Å²) in [7, 11) is 0. The van der Waals surface area contributed by atoms with Crippen LogP contribution in [0.1, 0.15) is 27.0 Å². The van der Waals surface area contributed by atoms with Crippen molar-refractivity contribution in [3.8, 4) is 0 Å². The van der Waals surface area contributed by atoms with Gasteiger partial charge in [-0.1, -0.05) is 30.3 Å². The highest BCUT2D eigenvalue weighted by molar-refractivity contribution is 5.98. The van der Waals surface area contributed by atoms with Crippen molar-refractivity contribution >= 4 is 11.5 Å². The highest BCUT2D eigenvalue weighted by Crippen LogP contribution is 2.17. The molecular formula is C16H17NO. The van der Waals surface area contributed by atoms with Crippen molar-refractivity contribution in [1.29, 1.82) is 0 Å². The number of ketones is 1. The summed E-state index contributed by atoms with van der Waals surface area (Å²) in [6, 6.07) is 13.2. The second kappa shape index (κ2) is 5.05. The van der Waals surface area contributed by atoms with Crippen molar-refractivity contribution in [2.45, 2.75) is 20.3 Å². The molecule has 2 aromatic carbocycles. The Bertz CT molecular complexity index is 567. The maximum atomic E-state index is 12.2. The minimum absolute atomic E-state index is 0.111. The Morgan fingerprint density at radius 3 is 2.28 bits per heavy atom.